The molecule has 6 aromatic rings. The summed E-state index contributed by atoms with van der Waals surface area (Å²) < 4.78 is 18.8. The van der Waals surface area contributed by atoms with Gasteiger partial charge in [-0.15, -0.1) is 71.8 Å². The van der Waals surface area contributed by atoms with Gasteiger partial charge in [0, 0.05) is 47.1 Å². The van der Waals surface area contributed by atoms with Crippen molar-refractivity contribution in [3.8, 4) is 39.5 Å². The predicted octanol–water partition coefficient (Wildman–Crippen LogP) is 9.14. The van der Waals surface area contributed by atoms with Crippen LogP contribution in [0.2, 0.25) is 0 Å². The van der Waals surface area contributed by atoms with Gasteiger partial charge in [0.1, 0.15) is 0 Å². The fourth-order valence-electron chi connectivity index (χ4n) is 4.32. The minimum absolute atomic E-state index is 0. The van der Waals surface area contributed by atoms with E-state index < -0.39 is 11.8 Å². The molecule has 0 aliphatic carbocycles. The molecular formula is C37H33IrN3-2. The SMILES string of the molecule is [2H]C([2H])(c1ccc(-c2ccnc(-c3[c-]cccc3)c2)cc1)C(C)(C)C.[Ir].[c-]1ccccc1-c1nccn1-c1ccccc1. The first kappa shape index (κ1) is 27.1. The van der Waals surface area contributed by atoms with Crippen LogP contribution in [0.4, 0.5) is 0 Å². The summed E-state index contributed by atoms with van der Waals surface area (Å²) in [5, 5.41) is 0. The van der Waals surface area contributed by atoms with E-state index in [0.29, 0.717) is 5.56 Å². The summed E-state index contributed by atoms with van der Waals surface area (Å²) in [5.41, 5.74) is 6.31. The van der Waals surface area contributed by atoms with E-state index in [4.69, 9.17) is 2.74 Å². The number of aromatic nitrogens is 3. The Kier molecular flexibility index (Phi) is 9.24. The van der Waals surface area contributed by atoms with Crippen molar-refractivity contribution in [1.82, 2.24) is 14.5 Å². The first-order valence-electron chi connectivity index (χ1n) is 14.3. The zero-order valence-corrected chi connectivity index (χ0v) is 25.8. The van der Waals surface area contributed by atoms with Gasteiger partial charge in [-0.25, -0.2) is 0 Å². The topological polar surface area (TPSA) is 30.7 Å². The molecule has 0 spiro atoms. The molecule has 3 nitrogen and oxygen atoms in total. The van der Waals surface area contributed by atoms with Gasteiger partial charge in [-0.2, -0.15) is 0 Å². The van der Waals surface area contributed by atoms with Crippen molar-refractivity contribution in [2.45, 2.75) is 27.1 Å². The second kappa shape index (κ2) is 14.0. The molecule has 0 aliphatic rings. The van der Waals surface area contributed by atoms with Crippen molar-refractivity contribution in [3.63, 3.8) is 0 Å². The normalized spacial score (nSPS) is 11.8. The zero-order valence-electron chi connectivity index (χ0n) is 25.4. The van der Waals surface area contributed by atoms with Crippen LogP contribution in [0.15, 0.2) is 134 Å². The first-order chi connectivity index (χ1) is 20.2. The fourth-order valence-corrected chi connectivity index (χ4v) is 4.32. The number of benzene rings is 4. The summed E-state index contributed by atoms with van der Waals surface area (Å²) in [4.78, 5) is 8.83. The Labute approximate surface area is 260 Å². The number of nitrogens with zero attached hydrogens (tertiary/aromatic N) is 3. The zero-order chi connectivity index (χ0) is 29.6. The largest absolute Gasteiger partial charge is 0.340 e. The van der Waals surface area contributed by atoms with Crippen LogP contribution >= 0.6 is 0 Å². The van der Waals surface area contributed by atoms with E-state index in [1.54, 1.807) is 6.20 Å². The molecule has 0 N–H and O–H groups in total. The average molecular weight is 714 g/mol. The van der Waals surface area contributed by atoms with Crippen molar-refractivity contribution in [2.24, 2.45) is 5.41 Å². The van der Waals surface area contributed by atoms with Crippen molar-refractivity contribution >= 4 is 0 Å². The monoisotopic (exact) mass is 714 g/mol. The van der Waals surface area contributed by atoms with Crippen molar-refractivity contribution in [2.75, 3.05) is 0 Å². The second-order valence-electron chi connectivity index (χ2n) is 10.4. The van der Waals surface area contributed by atoms with Crippen molar-refractivity contribution in [1.29, 1.82) is 0 Å². The van der Waals surface area contributed by atoms with E-state index in [2.05, 4.69) is 38.8 Å². The molecule has 0 fully saturated rings. The summed E-state index contributed by atoms with van der Waals surface area (Å²) in [6.07, 6.45) is 4.19. The molecule has 207 valence electrons. The summed E-state index contributed by atoms with van der Waals surface area (Å²) in [6, 6.07) is 44.0. The molecule has 0 atom stereocenters. The van der Waals surface area contributed by atoms with Crippen LogP contribution in [0.5, 0.6) is 0 Å². The Morgan fingerprint density at radius 1 is 0.707 bits per heavy atom. The maximum absolute atomic E-state index is 8.39. The van der Waals surface area contributed by atoms with E-state index in [1.165, 1.54) is 0 Å². The molecule has 0 aliphatic heterocycles. The number of para-hydroxylation sites is 1. The van der Waals surface area contributed by atoms with E-state index in [1.807, 2.05) is 136 Å². The summed E-state index contributed by atoms with van der Waals surface area (Å²) in [7, 11) is 0. The molecule has 4 heteroatoms. The molecular weight excluding hydrogens is 679 g/mol. The molecule has 41 heavy (non-hydrogen) atoms. The molecule has 4 aromatic carbocycles. The van der Waals surface area contributed by atoms with Crippen LogP contribution in [0.3, 0.4) is 0 Å². The number of hydrogen-bond donors (Lipinski definition) is 0. The van der Waals surface area contributed by atoms with E-state index in [9.17, 15) is 0 Å². The number of pyridine rings is 1. The van der Waals surface area contributed by atoms with Crippen LogP contribution in [0.25, 0.3) is 39.5 Å². The summed E-state index contributed by atoms with van der Waals surface area (Å²) >= 11 is 0. The third-order valence-electron chi connectivity index (χ3n) is 6.11. The van der Waals surface area contributed by atoms with Gasteiger partial charge in [0.2, 0.25) is 0 Å². The summed E-state index contributed by atoms with van der Waals surface area (Å²) in [5.74, 6) is 0.914. The van der Waals surface area contributed by atoms with Gasteiger partial charge in [0.25, 0.3) is 0 Å². The van der Waals surface area contributed by atoms with Crippen molar-refractivity contribution < 1.29 is 22.8 Å². The molecule has 2 heterocycles. The third-order valence-corrected chi connectivity index (χ3v) is 6.11. The molecule has 0 saturated carbocycles. The van der Waals surface area contributed by atoms with Crippen LogP contribution < -0.4 is 0 Å². The number of imidazole rings is 1. The van der Waals surface area contributed by atoms with E-state index in [0.717, 1.165) is 39.5 Å². The Morgan fingerprint density at radius 3 is 2.00 bits per heavy atom. The minimum Gasteiger partial charge on any atom is -0.340 e. The second-order valence-corrected chi connectivity index (χ2v) is 10.4. The van der Waals surface area contributed by atoms with Crippen LogP contribution in [0, 0.1) is 17.5 Å². The minimum atomic E-state index is -1.38. The smallest absolute Gasteiger partial charge is 0.0602 e. The molecule has 0 unspecified atom stereocenters. The third kappa shape index (κ3) is 8.20. The van der Waals surface area contributed by atoms with Crippen LogP contribution in [0.1, 0.15) is 29.1 Å². The van der Waals surface area contributed by atoms with E-state index >= 15 is 0 Å². The molecule has 0 saturated heterocycles. The Hall–Kier alpha value is -4.11. The van der Waals surface area contributed by atoms with Gasteiger partial charge in [-0.1, -0.05) is 69.3 Å². The first-order valence-corrected chi connectivity index (χ1v) is 13.3. The number of rotatable bonds is 5. The van der Waals surface area contributed by atoms with Gasteiger partial charge < -0.3 is 9.55 Å². The molecule has 0 bridgehead atoms. The van der Waals surface area contributed by atoms with Gasteiger partial charge in [0.15, 0.2) is 0 Å². The van der Waals surface area contributed by atoms with E-state index in [-0.39, 0.29) is 20.1 Å². The average Bonchev–Trinajstić information content (AvgIpc) is 3.53. The van der Waals surface area contributed by atoms with Crippen molar-refractivity contribution in [3.05, 3.63) is 152 Å². The van der Waals surface area contributed by atoms with Gasteiger partial charge in [0.05, 0.1) is 5.82 Å². The quantitative estimate of drug-likeness (QED) is 0.167. The predicted molar refractivity (Wildman–Crippen MR) is 165 cm³/mol. The molecule has 6 rings (SSSR count). The fraction of sp³-hybridized carbons (Fsp3) is 0.135. The molecule has 2 aromatic heterocycles. The molecule has 1 radical (unpaired) electrons. The van der Waals surface area contributed by atoms with Crippen LogP contribution in [-0.4, -0.2) is 14.5 Å². The number of hydrogen-bond acceptors (Lipinski definition) is 2. The van der Waals surface area contributed by atoms with Gasteiger partial charge in [-0.05, 0) is 52.4 Å². The maximum atomic E-state index is 8.39. The Bertz CT molecular complexity index is 1660. The Balaban J connectivity index is 0.000000205. The van der Waals surface area contributed by atoms with Crippen LogP contribution in [-0.2, 0) is 26.5 Å². The molecule has 0 amide bonds. The Morgan fingerprint density at radius 2 is 1.37 bits per heavy atom. The summed E-state index contributed by atoms with van der Waals surface area (Å²) in [6.45, 7) is 5.77. The maximum Gasteiger partial charge on any atom is 0.0602 e. The van der Waals surface area contributed by atoms with Gasteiger partial charge in [-0.3, -0.25) is 4.98 Å². The standard InChI is InChI=1S/C22H22N.C15H11N2.Ir/c1-22(2,3)16-17-9-11-18(12-10-17)20-13-14-23-21(15-20)19-7-5-4-6-8-19;1-3-7-13(8-4-1)15-16-11-12-17(15)14-9-5-2-6-10-14;/h4-7,9-15H,16H2,1-3H3;1-7,9-12H;/q2*-1;/i16D2;;. The van der Waals surface area contributed by atoms with Gasteiger partial charge >= 0.3 is 0 Å².